The van der Waals surface area contributed by atoms with E-state index in [2.05, 4.69) is 15.6 Å². The lowest BCUT2D eigenvalue weighted by Gasteiger charge is -2.33. The zero-order valence-corrected chi connectivity index (χ0v) is 18.4. The first-order valence-corrected chi connectivity index (χ1v) is 10.1. The second kappa shape index (κ2) is 9.77. The van der Waals surface area contributed by atoms with E-state index in [9.17, 15) is 14.9 Å². The number of carbonyl (C=O) groups excluding carboxylic acids is 1. The van der Waals surface area contributed by atoms with Gasteiger partial charge in [0.05, 0.1) is 0 Å². The van der Waals surface area contributed by atoms with Crippen molar-refractivity contribution in [1.82, 2.24) is 20.2 Å². The van der Waals surface area contributed by atoms with Gasteiger partial charge in [0.15, 0.2) is 23.6 Å². The molecular weight excluding hydrogens is 477 g/mol. The molecule has 3 rings (SSSR count). The quantitative estimate of drug-likeness (QED) is 0.260. The number of hydrogen-bond donors (Lipinski definition) is 2. The van der Waals surface area contributed by atoms with Crippen LogP contribution < -0.4 is 20.1 Å². The van der Waals surface area contributed by atoms with Gasteiger partial charge in [-0.2, -0.15) is 0 Å². The van der Waals surface area contributed by atoms with Gasteiger partial charge in [0.1, 0.15) is 32.1 Å². The Kier molecular flexibility index (Phi) is 7.31. The van der Waals surface area contributed by atoms with E-state index in [0.717, 1.165) is 6.20 Å². The van der Waals surface area contributed by atoms with E-state index >= 15 is 0 Å². The third-order valence-electron chi connectivity index (χ3n) is 4.22. The third kappa shape index (κ3) is 6.03. The average molecular weight is 495 g/mol. The summed E-state index contributed by atoms with van der Waals surface area (Å²) >= 11 is 17.9. The molecule has 1 aromatic carbocycles. The van der Waals surface area contributed by atoms with Gasteiger partial charge < -0.3 is 29.6 Å². The number of benzene rings is 1. The fourth-order valence-electron chi connectivity index (χ4n) is 2.77. The van der Waals surface area contributed by atoms with Gasteiger partial charge in [0.2, 0.25) is 3.79 Å². The first-order valence-electron chi connectivity index (χ1n) is 8.96. The minimum Gasteiger partial charge on any atom is -0.484 e. The van der Waals surface area contributed by atoms with Crippen molar-refractivity contribution in [3.05, 3.63) is 46.4 Å². The molecule has 2 N–H and O–H groups in total. The number of imidazole rings is 1. The van der Waals surface area contributed by atoms with E-state index in [-0.39, 0.29) is 25.6 Å². The van der Waals surface area contributed by atoms with Crippen LogP contribution in [0.4, 0.5) is 10.6 Å². The Balaban J connectivity index is 1.55. The maximum absolute atomic E-state index is 12.2. The number of aromatic nitrogens is 2. The Morgan fingerprint density at radius 1 is 1.42 bits per heavy atom. The predicted molar refractivity (Wildman–Crippen MR) is 112 cm³/mol. The minimum atomic E-state index is -1.95. The van der Waals surface area contributed by atoms with Gasteiger partial charge in [-0.1, -0.05) is 46.9 Å². The fourth-order valence-corrected chi connectivity index (χ4v) is 3.13. The van der Waals surface area contributed by atoms with Gasteiger partial charge in [-0.25, -0.2) is 14.3 Å². The fraction of sp³-hybridized carbons (Fsp3) is 0.412. The van der Waals surface area contributed by atoms with Crippen LogP contribution in [-0.4, -0.2) is 50.0 Å². The van der Waals surface area contributed by atoms with Crippen molar-refractivity contribution >= 4 is 46.7 Å². The Morgan fingerprint density at radius 2 is 2.13 bits per heavy atom. The second-order valence-electron chi connectivity index (χ2n) is 6.36. The molecule has 0 unspecified atom stereocenters. The third-order valence-corrected chi connectivity index (χ3v) is 4.87. The van der Waals surface area contributed by atoms with Gasteiger partial charge in [0.25, 0.3) is 0 Å². The lowest BCUT2D eigenvalue weighted by atomic mass is 10.3. The summed E-state index contributed by atoms with van der Waals surface area (Å²) in [4.78, 5) is 26.5. The number of carbonyl (C=O) groups is 1. The van der Waals surface area contributed by atoms with Gasteiger partial charge >= 0.3 is 11.9 Å². The van der Waals surface area contributed by atoms with E-state index < -0.39 is 27.2 Å². The molecule has 0 fully saturated rings. The highest BCUT2D eigenvalue weighted by atomic mass is 35.6. The number of amides is 1. The summed E-state index contributed by atoms with van der Waals surface area (Å²) in [5, 5.41) is 16.2. The van der Waals surface area contributed by atoms with E-state index in [4.69, 9.17) is 49.0 Å². The molecule has 1 amide bonds. The van der Waals surface area contributed by atoms with Crippen LogP contribution in [0.25, 0.3) is 0 Å². The molecule has 1 aromatic heterocycles. The molecule has 31 heavy (non-hydrogen) atoms. The summed E-state index contributed by atoms with van der Waals surface area (Å²) in [5.74, 6) is 1.26. The van der Waals surface area contributed by atoms with Crippen molar-refractivity contribution in [3.63, 3.8) is 0 Å². The molecule has 14 heteroatoms. The summed E-state index contributed by atoms with van der Waals surface area (Å²) in [7, 11) is 0. The van der Waals surface area contributed by atoms with Crippen LogP contribution in [0.3, 0.4) is 0 Å². The van der Waals surface area contributed by atoms with Crippen LogP contribution in [0.15, 0.2) is 30.5 Å². The SMILES string of the molecule is Cc1ncc([N+](=O)[O-])n1CCOC(=O)N[C@H](N[C@H]1COc2ccccc2O1)C(Cl)(Cl)Cl. The van der Waals surface area contributed by atoms with Crippen molar-refractivity contribution in [3.8, 4) is 11.5 Å². The molecule has 0 saturated carbocycles. The number of para-hydroxylation sites is 2. The Morgan fingerprint density at radius 3 is 2.81 bits per heavy atom. The van der Waals surface area contributed by atoms with E-state index in [1.807, 2.05) is 0 Å². The minimum absolute atomic E-state index is 0.0256. The van der Waals surface area contributed by atoms with Crippen molar-refractivity contribution in [2.24, 2.45) is 0 Å². The Bertz CT molecular complexity index is 951. The maximum atomic E-state index is 12.2. The van der Waals surface area contributed by atoms with Crippen molar-refractivity contribution in [1.29, 1.82) is 0 Å². The van der Waals surface area contributed by atoms with Crippen molar-refractivity contribution < 1.29 is 23.9 Å². The highest BCUT2D eigenvalue weighted by molar-refractivity contribution is 6.68. The number of fused-ring (bicyclic) bond motifs is 1. The van der Waals surface area contributed by atoms with Crippen molar-refractivity contribution in [2.45, 2.75) is 29.7 Å². The number of nitro groups is 1. The number of hydrogen-bond acceptors (Lipinski definition) is 8. The highest BCUT2D eigenvalue weighted by Crippen LogP contribution is 2.32. The van der Waals surface area contributed by atoms with Gasteiger partial charge in [-0.05, 0) is 17.1 Å². The van der Waals surface area contributed by atoms with Crippen LogP contribution in [-0.2, 0) is 11.3 Å². The number of rotatable bonds is 7. The normalized spacial score (nSPS) is 16.5. The van der Waals surface area contributed by atoms with Crippen molar-refractivity contribution in [2.75, 3.05) is 13.2 Å². The van der Waals surface area contributed by atoms with E-state index in [1.54, 1.807) is 31.2 Å². The number of aryl methyl sites for hydroxylation is 1. The van der Waals surface area contributed by atoms with Gasteiger partial charge in [-0.15, -0.1) is 0 Å². The Labute approximate surface area is 191 Å². The van der Waals surface area contributed by atoms with Crippen LogP contribution in [0.1, 0.15) is 5.82 Å². The zero-order chi connectivity index (χ0) is 22.6. The number of halogens is 3. The molecule has 2 heterocycles. The van der Waals surface area contributed by atoms with Crippen LogP contribution >= 0.6 is 34.8 Å². The average Bonchev–Trinajstić information content (AvgIpc) is 3.07. The topological polar surface area (TPSA) is 130 Å². The molecular formula is C17H18Cl3N5O6. The predicted octanol–water partition coefficient (Wildman–Crippen LogP) is 2.91. The lowest BCUT2D eigenvalue weighted by Crippen LogP contribution is -2.59. The molecule has 0 spiro atoms. The highest BCUT2D eigenvalue weighted by Gasteiger charge is 2.37. The van der Waals surface area contributed by atoms with Crippen LogP contribution in [0, 0.1) is 17.0 Å². The summed E-state index contributed by atoms with van der Waals surface area (Å²) in [6.07, 6.45) is -1.68. The number of nitrogens with zero attached hydrogens (tertiary/aromatic N) is 3. The summed E-state index contributed by atoms with van der Waals surface area (Å²) in [5.41, 5.74) is 0. The first kappa shape index (κ1) is 23.2. The maximum Gasteiger partial charge on any atom is 0.408 e. The standard InChI is InChI=1S/C17H18Cl3N5O6/c1-10-21-8-14(25(27)28)24(10)6-7-29-16(26)23-15(17(18,19)20)22-13-9-30-11-4-2-3-5-12(11)31-13/h2-5,8,13,15,22H,6-7,9H2,1H3,(H,23,26)/t13-,15+/m1/s1. The number of ether oxygens (including phenoxy) is 3. The molecule has 2 aromatic rings. The summed E-state index contributed by atoms with van der Waals surface area (Å²) < 4.78 is 15.7. The summed E-state index contributed by atoms with van der Waals surface area (Å²) in [6, 6.07) is 7.04. The smallest absolute Gasteiger partial charge is 0.408 e. The molecule has 1 aliphatic heterocycles. The zero-order valence-electron chi connectivity index (χ0n) is 16.1. The summed E-state index contributed by atoms with van der Waals surface area (Å²) in [6.45, 7) is 1.56. The number of alkyl carbamates (subject to hydrolysis) is 1. The molecule has 11 nitrogen and oxygen atoms in total. The molecule has 0 aliphatic carbocycles. The second-order valence-corrected chi connectivity index (χ2v) is 8.73. The lowest BCUT2D eigenvalue weighted by molar-refractivity contribution is -0.392. The Hall–Kier alpha value is -2.47. The largest absolute Gasteiger partial charge is 0.484 e. The molecule has 0 bridgehead atoms. The van der Waals surface area contributed by atoms with Gasteiger partial charge in [0, 0.05) is 6.92 Å². The van der Waals surface area contributed by atoms with E-state index in [0.29, 0.717) is 17.3 Å². The van der Waals surface area contributed by atoms with Crippen LogP contribution in [0.2, 0.25) is 0 Å². The van der Waals surface area contributed by atoms with E-state index in [1.165, 1.54) is 4.57 Å². The van der Waals surface area contributed by atoms with Gasteiger partial charge in [-0.3, -0.25) is 5.32 Å². The first-order chi connectivity index (χ1) is 14.6. The number of nitrogens with one attached hydrogen (secondary N) is 2. The molecule has 2 atom stereocenters. The molecule has 1 aliphatic rings. The molecule has 0 saturated heterocycles. The number of alkyl halides is 3. The molecule has 168 valence electrons. The monoisotopic (exact) mass is 493 g/mol. The van der Waals surface area contributed by atoms with Crippen LogP contribution in [0.5, 0.6) is 11.5 Å². The molecule has 0 radical (unpaired) electrons.